The van der Waals surface area contributed by atoms with Crippen molar-refractivity contribution in [2.45, 2.75) is 56.1 Å². The second kappa shape index (κ2) is 8.95. The number of amides is 2. The largest absolute Gasteiger partial charge is 0.440 e. The van der Waals surface area contributed by atoms with Crippen molar-refractivity contribution in [3.63, 3.8) is 0 Å². The summed E-state index contributed by atoms with van der Waals surface area (Å²) in [5.74, 6) is -0.481. The van der Waals surface area contributed by atoms with Gasteiger partial charge in [-0.3, -0.25) is 9.59 Å². The molecule has 1 aliphatic carbocycles. The highest BCUT2D eigenvalue weighted by molar-refractivity contribution is 7.89. The summed E-state index contributed by atoms with van der Waals surface area (Å²) in [6.07, 6.45) is 3.01. The van der Waals surface area contributed by atoms with E-state index in [1.54, 1.807) is 18.2 Å². The van der Waals surface area contributed by atoms with Gasteiger partial charge in [0.25, 0.3) is 15.9 Å². The minimum Gasteiger partial charge on any atom is -0.440 e. The Morgan fingerprint density at radius 1 is 1.12 bits per heavy atom. The standard InChI is InChI=1S/C21H22ClN3O6S/c1-2-18(26)25-32(28,29)19-10-9-17(30-19)20(27)23-14-6-3-12(4-7-14)21-24-15-11-13(22)5-8-16(15)31-21/h5,8-12,14H,2-4,6-7H2,1H3,(H,23,27)(H,25,26)/t12-,14-. The van der Waals surface area contributed by atoms with Crippen LogP contribution in [0.4, 0.5) is 0 Å². The number of benzene rings is 1. The van der Waals surface area contributed by atoms with Crippen molar-refractivity contribution in [2.24, 2.45) is 0 Å². The van der Waals surface area contributed by atoms with Gasteiger partial charge in [0, 0.05) is 23.4 Å². The van der Waals surface area contributed by atoms with Gasteiger partial charge in [-0.25, -0.2) is 9.71 Å². The van der Waals surface area contributed by atoms with Crippen LogP contribution >= 0.6 is 11.6 Å². The van der Waals surface area contributed by atoms with Crippen LogP contribution in [-0.4, -0.2) is 31.3 Å². The lowest BCUT2D eigenvalue weighted by Gasteiger charge is -2.27. The topological polar surface area (TPSA) is 132 Å². The number of hydrogen-bond donors (Lipinski definition) is 2. The molecule has 0 saturated heterocycles. The lowest BCUT2D eigenvalue weighted by Crippen LogP contribution is -2.37. The number of sulfonamides is 1. The Labute approximate surface area is 189 Å². The van der Waals surface area contributed by atoms with Gasteiger partial charge in [0.1, 0.15) is 5.52 Å². The summed E-state index contributed by atoms with van der Waals surface area (Å²) >= 11 is 6.01. The molecule has 1 aromatic carbocycles. The zero-order chi connectivity index (χ0) is 22.9. The number of fused-ring (bicyclic) bond motifs is 1. The molecule has 0 spiro atoms. The number of rotatable bonds is 6. The molecule has 1 saturated carbocycles. The third kappa shape index (κ3) is 4.81. The number of nitrogens with one attached hydrogen (secondary N) is 2. The highest BCUT2D eigenvalue weighted by Gasteiger charge is 2.28. The molecule has 0 bridgehead atoms. The summed E-state index contributed by atoms with van der Waals surface area (Å²) in [6.45, 7) is 1.53. The molecule has 0 aliphatic heterocycles. The Balaban J connectivity index is 1.34. The molecular weight excluding hydrogens is 458 g/mol. The van der Waals surface area contributed by atoms with E-state index in [0.717, 1.165) is 24.4 Å². The molecule has 2 aromatic heterocycles. The first kappa shape index (κ1) is 22.3. The molecule has 0 radical (unpaired) electrons. The summed E-state index contributed by atoms with van der Waals surface area (Å²) in [5.41, 5.74) is 1.42. The summed E-state index contributed by atoms with van der Waals surface area (Å²) in [4.78, 5) is 28.4. The molecular formula is C21H22ClN3O6S. The van der Waals surface area contributed by atoms with Crippen LogP contribution in [-0.2, 0) is 14.8 Å². The number of halogens is 1. The van der Waals surface area contributed by atoms with Crippen LogP contribution in [0, 0.1) is 0 Å². The van der Waals surface area contributed by atoms with E-state index in [1.807, 2.05) is 4.72 Å². The minimum absolute atomic E-state index is 0.00720. The molecule has 9 nitrogen and oxygen atoms in total. The first-order chi connectivity index (χ1) is 15.2. The van der Waals surface area contributed by atoms with Crippen LogP contribution in [0.15, 0.2) is 44.3 Å². The average molecular weight is 480 g/mol. The molecule has 0 atom stereocenters. The first-order valence-electron chi connectivity index (χ1n) is 10.3. The Hall–Kier alpha value is -2.85. The summed E-state index contributed by atoms with van der Waals surface area (Å²) in [5, 5.41) is 2.99. The average Bonchev–Trinajstić information content (AvgIpc) is 3.41. The summed E-state index contributed by atoms with van der Waals surface area (Å²) in [6, 6.07) is 7.66. The Morgan fingerprint density at radius 3 is 2.59 bits per heavy atom. The van der Waals surface area contributed by atoms with Gasteiger partial charge in [0.15, 0.2) is 17.2 Å². The van der Waals surface area contributed by atoms with E-state index in [2.05, 4.69) is 10.3 Å². The van der Waals surface area contributed by atoms with Crippen molar-refractivity contribution in [1.82, 2.24) is 15.0 Å². The summed E-state index contributed by atoms with van der Waals surface area (Å²) in [7, 11) is -4.14. The van der Waals surface area contributed by atoms with Crippen molar-refractivity contribution < 1.29 is 26.8 Å². The fraction of sp³-hybridized carbons (Fsp3) is 0.381. The molecule has 11 heteroatoms. The lowest BCUT2D eigenvalue weighted by atomic mass is 9.86. The number of oxazole rings is 1. The highest BCUT2D eigenvalue weighted by atomic mass is 35.5. The molecule has 2 amide bonds. The van der Waals surface area contributed by atoms with Gasteiger partial charge < -0.3 is 14.2 Å². The van der Waals surface area contributed by atoms with E-state index in [9.17, 15) is 18.0 Å². The van der Waals surface area contributed by atoms with Crippen LogP contribution in [0.5, 0.6) is 0 Å². The number of furan rings is 1. The van der Waals surface area contributed by atoms with E-state index in [-0.39, 0.29) is 24.1 Å². The Morgan fingerprint density at radius 2 is 1.88 bits per heavy atom. The van der Waals surface area contributed by atoms with E-state index in [0.29, 0.717) is 29.3 Å². The van der Waals surface area contributed by atoms with Crippen LogP contribution < -0.4 is 10.0 Å². The third-order valence-electron chi connectivity index (χ3n) is 5.42. The monoisotopic (exact) mass is 479 g/mol. The number of aromatic nitrogens is 1. The van der Waals surface area contributed by atoms with Gasteiger partial charge in [-0.05, 0) is 56.0 Å². The molecule has 2 heterocycles. The molecule has 1 aliphatic rings. The van der Waals surface area contributed by atoms with Crippen LogP contribution in [0.2, 0.25) is 5.02 Å². The maximum atomic E-state index is 12.5. The zero-order valence-corrected chi connectivity index (χ0v) is 18.8. The van der Waals surface area contributed by atoms with Crippen LogP contribution in [0.25, 0.3) is 11.1 Å². The van der Waals surface area contributed by atoms with Gasteiger partial charge in [0.2, 0.25) is 11.0 Å². The normalized spacial score (nSPS) is 19.1. The fourth-order valence-electron chi connectivity index (χ4n) is 3.69. The van der Waals surface area contributed by atoms with Crippen LogP contribution in [0.3, 0.4) is 0 Å². The van der Waals surface area contributed by atoms with Gasteiger partial charge in [0.05, 0.1) is 0 Å². The zero-order valence-electron chi connectivity index (χ0n) is 17.3. The molecule has 1 fully saturated rings. The predicted octanol–water partition coefficient (Wildman–Crippen LogP) is 3.75. The van der Waals surface area contributed by atoms with Crippen molar-refractivity contribution in [1.29, 1.82) is 0 Å². The highest BCUT2D eigenvalue weighted by Crippen LogP contribution is 2.34. The fourth-order valence-corrected chi connectivity index (χ4v) is 4.85. The number of carbonyl (C=O) groups excluding carboxylic acids is 2. The number of carbonyl (C=O) groups is 2. The molecule has 2 N–H and O–H groups in total. The van der Waals surface area contributed by atoms with E-state index in [1.165, 1.54) is 13.0 Å². The van der Waals surface area contributed by atoms with Crippen molar-refractivity contribution in [3.05, 3.63) is 47.0 Å². The molecule has 4 rings (SSSR count). The predicted molar refractivity (Wildman–Crippen MR) is 116 cm³/mol. The summed E-state index contributed by atoms with van der Waals surface area (Å²) < 4.78 is 37.1. The molecule has 0 unspecified atom stereocenters. The van der Waals surface area contributed by atoms with Gasteiger partial charge in [-0.15, -0.1) is 0 Å². The van der Waals surface area contributed by atoms with Gasteiger partial charge in [-0.1, -0.05) is 18.5 Å². The molecule has 170 valence electrons. The third-order valence-corrected chi connectivity index (χ3v) is 6.90. The first-order valence-corrected chi connectivity index (χ1v) is 12.1. The van der Waals surface area contributed by atoms with Gasteiger partial charge >= 0.3 is 0 Å². The van der Waals surface area contributed by atoms with Gasteiger partial charge in [-0.2, -0.15) is 8.42 Å². The second-order valence-electron chi connectivity index (χ2n) is 7.69. The number of hydrogen-bond acceptors (Lipinski definition) is 7. The SMILES string of the molecule is CCC(=O)NS(=O)(=O)c1ccc(C(=O)N[C@H]2CC[C@H](c3nc4cc(Cl)ccc4o3)CC2)o1. The smallest absolute Gasteiger partial charge is 0.297 e. The van der Waals surface area contributed by atoms with Crippen molar-refractivity contribution in [3.8, 4) is 0 Å². The Bertz CT molecular complexity index is 1260. The maximum Gasteiger partial charge on any atom is 0.297 e. The molecule has 3 aromatic rings. The van der Waals surface area contributed by atoms with E-state index >= 15 is 0 Å². The minimum atomic E-state index is -4.14. The van der Waals surface area contributed by atoms with E-state index < -0.39 is 26.9 Å². The molecule has 32 heavy (non-hydrogen) atoms. The Kier molecular flexibility index (Phi) is 6.25. The van der Waals surface area contributed by atoms with Crippen molar-refractivity contribution in [2.75, 3.05) is 0 Å². The second-order valence-corrected chi connectivity index (χ2v) is 9.74. The van der Waals surface area contributed by atoms with Crippen LogP contribution in [0.1, 0.15) is 61.4 Å². The maximum absolute atomic E-state index is 12.5. The van der Waals surface area contributed by atoms with Crippen molar-refractivity contribution >= 4 is 44.5 Å². The quantitative estimate of drug-likeness (QED) is 0.550. The number of nitrogens with zero attached hydrogens (tertiary/aromatic N) is 1. The lowest BCUT2D eigenvalue weighted by molar-refractivity contribution is -0.119. The van der Waals surface area contributed by atoms with E-state index in [4.69, 9.17) is 20.4 Å².